The molecular formula is C5H9O2P. The fraction of sp³-hybridized carbons (Fsp3) is 0.800. The van der Waals surface area contributed by atoms with E-state index in [4.69, 9.17) is 5.11 Å². The van der Waals surface area contributed by atoms with E-state index in [0.717, 1.165) is 19.0 Å². The maximum atomic E-state index is 10.2. The van der Waals surface area contributed by atoms with Gasteiger partial charge in [0.15, 0.2) is 0 Å². The van der Waals surface area contributed by atoms with Gasteiger partial charge in [0.25, 0.3) is 0 Å². The van der Waals surface area contributed by atoms with Crippen molar-refractivity contribution in [1.29, 1.82) is 0 Å². The van der Waals surface area contributed by atoms with Crippen LogP contribution in [0.3, 0.4) is 0 Å². The minimum atomic E-state index is -0.596. The van der Waals surface area contributed by atoms with Crippen LogP contribution in [-0.2, 0) is 4.79 Å². The van der Waals surface area contributed by atoms with E-state index in [0.29, 0.717) is 8.58 Å². The zero-order chi connectivity index (χ0) is 5.98. The highest BCUT2D eigenvalue weighted by molar-refractivity contribution is 7.40. The van der Waals surface area contributed by atoms with Crippen molar-refractivity contribution in [3.05, 3.63) is 0 Å². The van der Waals surface area contributed by atoms with Crippen molar-refractivity contribution in [2.45, 2.75) is 18.5 Å². The molecule has 0 aromatic rings. The smallest absolute Gasteiger partial charge is 0.310 e. The minimum Gasteiger partial charge on any atom is -0.481 e. The van der Waals surface area contributed by atoms with Crippen molar-refractivity contribution in [1.82, 2.24) is 0 Å². The topological polar surface area (TPSA) is 37.3 Å². The molecule has 3 heteroatoms. The van der Waals surface area contributed by atoms with E-state index in [9.17, 15) is 4.79 Å². The van der Waals surface area contributed by atoms with E-state index in [1.165, 1.54) is 0 Å². The number of carbonyl (C=O) groups is 1. The molecule has 1 aliphatic rings. The van der Waals surface area contributed by atoms with Crippen LogP contribution in [0.4, 0.5) is 0 Å². The van der Waals surface area contributed by atoms with Crippen LogP contribution in [0.5, 0.6) is 0 Å². The summed E-state index contributed by atoms with van der Waals surface area (Å²) in [6.45, 7) is 0. The summed E-state index contributed by atoms with van der Waals surface area (Å²) in [5, 5.41) is 8.42. The molecule has 1 heterocycles. The Morgan fingerprint density at radius 3 is 2.75 bits per heavy atom. The van der Waals surface area contributed by atoms with Crippen molar-refractivity contribution >= 4 is 14.6 Å². The molecule has 1 fully saturated rings. The Morgan fingerprint density at radius 1 is 1.75 bits per heavy atom. The van der Waals surface area contributed by atoms with Gasteiger partial charge in [0, 0.05) is 0 Å². The van der Waals surface area contributed by atoms with Crippen LogP contribution >= 0.6 is 8.58 Å². The van der Waals surface area contributed by atoms with Gasteiger partial charge in [-0.2, -0.15) is 0 Å². The monoisotopic (exact) mass is 132 g/mol. The standard InChI is InChI=1S/C5H9O2P/c6-5(7)4-2-1-3-8-4/h4,8H,1-3H2,(H,6,7). The Labute approximate surface area is 50.1 Å². The maximum absolute atomic E-state index is 10.2. The zero-order valence-corrected chi connectivity index (χ0v) is 5.55. The molecule has 0 bridgehead atoms. The molecule has 2 nitrogen and oxygen atoms in total. The first-order chi connectivity index (χ1) is 3.80. The fourth-order valence-electron chi connectivity index (χ4n) is 0.895. The van der Waals surface area contributed by atoms with Crippen molar-refractivity contribution in [2.75, 3.05) is 6.16 Å². The quantitative estimate of drug-likeness (QED) is 0.538. The first kappa shape index (κ1) is 6.03. The van der Waals surface area contributed by atoms with E-state index in [1.54, 1.807) is 0 Å². The lowest BCUT2D eigenvalue weighted by atomic mass is 10.3. The lowest BCUT2D eigenvalue weighted by molar-refractivity contribution is -0.136. The molecule has 1 rings (SSSR count). The molecule has 1 N–H and O–H groups in total. The molecule has 0 amide bonds. The van der Waals surface area contributed by atoms with Crippen LogP contribution in [0.15, 0.2) is 0 Å². The molecule has 0 radical (unpaired) electrons. The van der Waals surface area contributed by atoms with Crippen LogP contribution in [-0.4, -0.2) is 22.9 Å². The maximum Gasteiger partial charge on any atom is 0.310 e. The first-order valence-electron chi connectivity index (χ1n) is 2.77. The Balaban J connectivity index is 2.35. The minimum absolute atomic E-state index is 0.00926. The van der Waals surface area contributed by atoms with Gasteiger partial charge in [-0.1, -0.05) is 0 Å². The van der Waals surface area contributed by atoms with E-state index in [2.05, 4.69) is 0 Å². The van der Waals surface area contributed by atoms with Gasteiger partial charge in [-0.15, -0.1) is 8.58 Å². The summed E-state index contributed by atoms with van der Waals surface area (Å²) in [4.78, 5) is 10.2. The average molecular weight is 132 g/mol. The Bertz CT molecular complexity index is 96.6. The Kier molecular flexibility index (Phi) is 1.85. The second-order valence-electron chi connectivity index (χ2n) is 1.99. The summed E-state index contributed by atoms with van der Waals surface area (Å²) >= 11 is 0. The van der Waals surface area contributed by atoms with Crippen molar-refractivity contribution in [3.63, 3.8) is 0 Å². The summed E-state index contributed by atoms with van der Waals surface area (Å²) in [6.07, 6.45) is 3.17. The highest BCUT2D eigenvalue weighted by Gasteiger charge is 2.20. The Hall–Kier alpha value is -0.100. The third-order valence-corrected chi connectivity index (χ3v) is 3.03. The van der Waals surface area contributed by atoms with E-state index < -0.39 is 5.97 Å². The number of aliphatic carboxylic acids is 1. The van der Waals surface area contributed by atoms with Gasteiger partial charge in [-0.05, 0) is 19.0 Å². The second kappa shape index (κ2) is 2.45. The molecule has 2 atom stereocenters. The lowest BCUT2D eigenvalue weighted by Crippen LogP contribution is -2.10. The number of rotatable bonds is 1. The number of hydrogen-bond donors (Lipinski definition) is 1. The largest absolute Gasteiger partial charge is 0.481 e. The van der Waals surface area contributed by atoms with Crippen LogP contribution < -0.4 is 0 Å². The second-order valence-corrected chi connectivity index (χ2v) is 3.59. The predicted molar refractivity (Wildman–Crippen MR) is 33.8 cm³/mol. The Morgan fingerprint density at radius 2 is 2.50 bits per heavy atom. The number of carboxylic acid groups (broad SMARTS) is 1. The van der Waals surface area contributed by atoms with Gasteiger partial charge >= 0.3 is 5.97 Å². The van der Waals surface area contributed by atoms with Crippen LogP contribution in [0, 0.1) is 0 Å². The molecule has 0 aromatic carbocycles. The molecule has 0 spiro atoms. The summed E-state index contributed by atoms with van der Waals surface area (Å²) < 4.78 is 0. The molecule has 1 aliphatic heterocycles. The average Bonchev–Trinajstić information content (AvgIpc) is 2.12. The zero-order valence-electron chi connectivity index (χ0n) is 4.55. The van der Waals surface area contributed by atoms with Crippen molar-refractivity contribution in [2.24, 2.45) is 0 Å². The van der Waals surface area contributed by atoms with Crippen molar-refractivity contribution in [3.8, 4) is 0 Å². The van der Waals surface area contributed by atoms with Crippen LogP contribution in [0.25, 0.3) is 0 Å². The molecule has 0 saturated carbocycles. The molecule has 46 valence electrons. The normalized spacial score (nSPS) is 31.2. The summed E-state index contributed by atoms with van der Waals surface area (Å²) in [6, 6.07) is 0. The van der Waals surface area contributed by atoms with Crippen LogP contribution in [0.2, 0.25) is 0 Å². The lowest BCUT2D eigenvalue weighted by Gasteiger charge is -1.97. The fourth-order valence-corrected chi connectivity index (χ4v) is 2.23. The molecular weight excluding hydrogens is 123 g/mol. The molecule has 0 aromatic heterocycles. The summed E-state index contributed by atoms with van der Waals surface area (Å²) in [7, 11) is 0.681. The molecule has 0 aliphatic carbocycles. The van der Waals surface area contributed by atoms with Gasteiger partial charge < -0.3 is 5.11 Å². The first-order valence-corrected chi connectivity index (χ1v) is 4.05. The van der Waals surface area contributed by atoms with Gasteiger partial charge in [0.2, 0.25) is 0 Å². The summed E-state index contributed by atoms with van der Waals surface area (Å²) in [5.41, 5.74) is 0.00926. The van der Waals surface area contributed by atoms with Gasteiger partial charge in [0.1, 0.15) is 0 Å². The van der Waals surface area contributed by atoms with Crippen LogP contribution in [0.1, 0.15) is 12.8 Å². The van der Waals surface area contributed by atoms with E-state index in [1.807, 2.05) is 0 Å². The SMILES string of the molecule is O=C(O)C1CCCP1. The predicted octanol–water partition coefficient (Wildman–Crippen LogP) is 0.912. The third kappa shape index (κ3) is 1.19. The number of carboxylic acids is 1. The highest BCUT2D eigenvalue weighted by Crippen LogP contribution is 2.32. The van der Waals surface area contributed by atoms with Gasteiger partial charge in [-0.3, -0.25) is 4.79 Å². The third-order valence-electron chi connectivity index (χ3n) is 1.36. The molecule has 8 heavy (non-hydrogen) atoms. The summed E-state index contributed by atoms with van der Waals surface area (Å²) in [5.74, 6) is -0.596. The highest BCUT2D eigenvalue weighted by atomic mass is 31.1. The van der Waals surface area contributed by atoms with E-state index in [-0.39, 0.29) is 5.66 Å². The van der Waals surface area contributed by atoms with Gasteiger partial charge in [0.05, 0.1) is 5.66 Å². The molecule has 2 unspecified atom stereocenters. The number of hydrogen-bond acceptors (Lipinski definition) is 1. The molecule has 1 saturated heterocycles. The van der Waals surface area contributed by atoms with E-state index >= 15 is 0 Å². The van der Waals surface area contributed by atoms with Gasteiger partial charge in [-0.25, -0.2) is 0 Å². The van der Waals surface area contributed by atoms with Crippen molar-refractivity contribution < 1.29 is 9.90 Å².